The summed E-state index contributed by atoms with van der Waals surface area (Å²) in [5, 5.41) is 3.70. The molecule has 1 aromatic rings. The van der Waals surface area contributed by atoms with E-state index in [1.54, 1.807) is 23.1 Å². The second-order valence-electron chi connectivity index (χ2n) is 3.86. The fraction of sp³-hybridized carbons (Fsp3) is 0.364. The Hall–Kier alpha value is -0.580. The number of carbonyl (C=O) groups is 1. The van der Waals surface area contributed by atoms with Crippen molar-refractivity contribution in [2.75, 3.05) is 20.1 Å². The van der Waals surface area contributed by atoms with Gasteiger partial charge in [-0.25, -0.2) is 0 Å². The van der Waals surface area contributed by atoms with Gasteiger partial charge in [0.15, 0.2) is 0 Å². The molecule has 0 spiro atoms. The van der Waals surface area contributed by atoms with Crippen LogP contribution in [0, 0.1) is 0 Å². The number of hydrogen-bond acceptors (Lipinski definition) is 2. The molecule has 1 fully saturated rings. The standard InChI is InChI=1S/C11H12BrClN2O/c1-15(8-5-14-6-8)11(16)7-2-3-9(12)10(13)4-7/h2-4,8,14H,5-6H2,1H3. The Morgan fingerprint density at radius 2 is 2.25 bits per heavy atom. The van der Waals surface area contributed by atoms with Gasteiger partial charge in [0.25, 0.3) is 5.91 Å². The maximum atomic E-state index is 12.1. The van der Waals surface area contributed by atoms with Gasteiger partial charge in [-0.1, -0.05) is 11.6 Å². The largest absolute Gasteiger partial charge is 0.336 e. The van der Waals surface area contributed by atoms with Gasteiger partial charge in [-0.2, -0.15) is 0 Å². The Balaban J connectivity index is 2.16. The van der Waals surface area contributed by atoms with Crippen molar-refractivity contribution in [2.24, 2.45) is 0 Å². The number of carbonyl (C=O) groups excluding carboxylic acids is 1. The fourth-order valence-corrected chi connectivity index (χ4v) is 1.97. The summed E-state index contributed by atoms with van der Waals surface area (Å²) in [5.74, 6) is 0.0147. The van der Waals surface area contributed by atoms with Crippen LogP contribution in [0.1, 0.15) is 10.4 Å². The van der Waals surface area contributed by atoms with E-state index in [0.717, 1.165) is 17.6 Å². The van der Waals surface area contributed by atoms with Crippen LogP contribution in [-0.4, -0.2) is 37.0 Å². The third-order valence-corrected chi connectivity index (χ3v) is 4.03. The van der Waals surface area contributed by atoms with Crippen molar-refractivity contribution < 1.29 is 4.79 Å². The highest BCUT2D eigenvalue weighted by Crippen LogP contribution is 2.24. The van der Waals surface area contributed by atoms with Crippen molar-refractivity contribution in [2.45, 2.75) is 6.04 Å². The van der Waals surface area contributed by atoms with Gasteiger partial charge in [0.2, 0.25) is 0 Å². The Labute approximate surface area is 108 Å². The van der Waals surface area contributed by atoms with E-state index in [9.17, 15) is 4.79 Å². The Kier molecular flexibility index (Phi) is 3.52. The average Bonchev–Trinajstić information content (AvgIpc) is 2.18. The molecular formula is C11H12BrClN2O. The molecule has 1 heterocycles. The molecule has 5 heteroatoms. The van der Waals surface area contributed by atoms with Gasteiger partial charge in [-0.05, 0) is 34.1 Å². The molecule has 0 aliphatic carbocycles. The van der Waals surface area contributed by atoms with Gasteiger partial charge in [-0.3, -0.25) is 4.79 Å². The minimum Gasteiger partial charge on any atom is -0.336 e. The Morgan fingerprint density at radius 3 is 2.75 bits per heavy atom. The lowest BCUT2D eigenvalue weighted by Gasteiger charge is -2.35. The molecule has 0 radical (unpaired) electrons. The van der Waals surface area contributed by atoms with Crippen LogP contribution in [-0.2, 0) is 0 Å². The van der Waals surface area contributed by atoms with Gasteiger partial charge in [0.05, 0.1) is 11.1 Å². The monoisotopic (exact) mass is 302 g/mol. The maximum absolute atomic E-state index is 12.1. The average molecular weight is 304 g/mol. The van der Waals surface area contributed by atoms with E-state index in [2.05, 4.69) is 21.2 Å². The molecule has 16 heavy (non-hydrogen) atoms. The van der Waals surface area contributed by atoms with Crippen molar-refractivity contribution >= 4 is 33.4 Å². The molecule has 2 rings (SSSR count). The summed E-state index contributed by atoms with van der Waals surface area (Å²) in [6.07, 6.45) is 0. The summed E-state index contributed by atoms with van der Waals surface area (Å²) < 4.78 is 0.804. The van der Waals surface area contributed by atoms with E-state index in [0.29, 0.717) is 16.6 Å². The maximum Gasteiger partial charge on any atom is 0.253 e. The Bertz CT molecular complexity index is 420. The van der Waals surface area contributed by atoms with Gasteiger partial charge >= 0.3 is 0 Å². The summed E-state index contributed by atoms with van der Waals surface area (Å²) in [7, 11) is 1.82. The molecule has 1 N–H and O–H groups in total. The van der Waals surface area contributed by atoms with Gasteiger partial charge in [0, 0.05) is 30.2 Å². The molecule has 1 amide bonds. The quantitative estimate of drug-likeness (QED) is 0.908. The van der Waals surface area contributed by atoms with Crippen molar-refractivity contribution in [3.63, 3.8) is 0 Å². The van der Waals surface area contributed by atoms with Gasteiger partial charge in [-0.15, -0.1) is 0 Å². The van der Waals surface area contributed by atoms with E-state index in [-0.39, 0.29) is 5.91 Å². The molecular weight excluding hydrogens is 291 g/mol. The lowest BCUT2D eigenvalue weighted by molar-refractivity contribution is 0.0681. The summed E-state index contributed by atoms with van der Waals surface area (Å²) in [6.45, 7) is 1.74. The normalized spacial score (nSPS) is 15.7. The smallest absolute Gasteiger partial charge is 0.253 e. The van der Waals surface area contributed by atoms with Crippen LogP contribution in [0.15, 0.2) is 22.7 Å². The predicted octanol–water partition coefficient (Wildman–Crippen LogP) is 2.15. The SMILES string of the molecule is CN(C(=O)c1ccc(Br)c(Cl)c1)C1CNC1. The highest BCUT2D eigenvalue weighted by molar-refractivity contribution is 9.10. The number of halogens is 2. The zero-order valence-electron chi connectivity index (χ0n) is 8.84. The van der Waals surface area contributed by atoms with E-state index in [4.69, 9.17) is 11.6 Å². The highest BCUT2D eigenvalue weighted by Gasteiger charge is 2.26. The molecule has 0 saturated carbocycles. The zero-order chi connectivity index (χ0) is 11.7. The molecule has 0 atom stereocenters. The number of benzene rings is 1. The Morgan fingerprint density at radius 1 is 1.56 bits per heavy atom. The molecule has 1 aliphatic rings. The fourth-order valence-electron chi connectivity index (χ4n) is 1.55. The molecule has 3 nitrogen and oxygen atoms in total. The molecule has 0 bridgehead atoms. The third kappa shape index (κ3) is 2.24. The summed E-state index contributed by atoms with van der Waals surface area (Å²) in [4.78, 5) is 13.8. The van der Waals surface area contributed by atoms with Gasteiger partial charge in [0.1, 0.15) is 0 Å². The van der Waals surface area contributed by atoms with Crippen LogP contribution in [0.3, 0.4) is 0 Å². The van der Waals surface area contributed by atoms with E-state index in [1.807, 2.05) is 7.05 Å². The van der Waals surface area contributed by atoms with Crippen LogP contribution in [0.4, 0.5) is 0 Å². The third-order valence-electron chi connectivity index (χ3n) is 2.79. The number of nitrogens with zero attached hydrogens (tertiary/aromatic N) is 1. The molecule has 0 unspecified atom stereocenters. The predicted molar refractivity (Wildman–Crippen MR) is 67.9 cm³/mol. The molecule has 1 saturated heterocycles. The summed E-state index contributed by atoms with van der Waals surface area (Å²) in [6, 6.07) is 5.56. The molecule has 1 aromatic carbocycles. The van der Waals surface area contributed by atoms with Crippen LogP contribution in [0.25, 0.3) is 0 Å². The van der Waals surface area contributed by atoms with Crippen molar-refractivity contribution in [1.82, 2.24) is 10.2 Å². The zero-order valence-corrected chi connectivity index (χ0v) is 11.2. The second kappa shape index (κ2) is 4.73. The number of amides is 1. The lowest BCUT2D eigenvalue weighted by Crippen LogP contribution is -2.57. The van der Waals surface area contributed by atoms with Crippen LogP contribution >= 0.6 is 27.5 Å². The first-order valence-corrected chi connectivity index (χ1v) is 6.19. The van der Waals surface area contributed by atoms with Crippen molar-refractivity contribution in [1.29, 1.82) is 0 Å². The summed E-state index contributed by atoms with van der Waals surface area (Å²) in [5.41, 5.74) is 0.627. The number of nitrogens with one attached hydrogen (secondary N) is 1. The topological polar surface area (TPSA) is 32.3 Å². The van der Waals surface area contributed by atoms with Crippen molar-refractivity contribution in [3.8, 4) is 0 Å². The van der Waals surface area contributed by atoms with E-state index >= 15 is 0 Å². The van der Waals surface area contributed by atoms with Crippen LogP contribution < -0.4 is 5.32 Å². The van der Waals surface area contributed by atoms with Gasteiger partial charge < -0.3 is 10.2 Å². The number of likely N-dealkylation sites (N-methyl/N-ethyl adjacent to an activating group) is 1. The number of rotatable bonds is 2. The van der Waals surface area contributed by atoms with Crippen LogP contribution in [0.2, 0.25) is 5.02 Å². The van der Waals surface area contributed by atoms with Crippen LogP contribution in [0.5, 0.6) is 0 Å². The van der Waals surface area contributed by atoms with E-state index in [1.165, 1.54) is 0 Å². The highest BCUT2D eigenvalue weighted by atomic mass is 79.9. The van der Waals surface area contributed by atoms with Crippen molar-refractivity contribution in [3.05, 3.63) is 33.3 Å². The first kappa shape index (κ1) is 11.9. The number of hydrogen-bond donors (Lipinski definition) is 1. The lowest BCUT2D eigenvalue weighted by atomic mass is 10.1. The minimum atomic E-state index is 0.0147. The first-order valence-electron chi connectivity index (χ1n) is 5.02. The summed E-state index contributed by atoms with van der Waals surface area (Å²) >= 11 is 9.26. The minimum absolute atomic E-state index is 0.0147. The first-order chi connectivity index (χ1) is 7.59. The van der Waals surface area contributed by atoms with E-state index < -0.39 is 0 Å². The molecule has 0 aromatic heterocycles. The molecule has 86 valence electrons. The molecule has 1 aliphatic heterocycles. The second-order valence-corrected chi connectivity index (χ2v) is 5.12.